The molecular weight excluding hydrogens is 273 g/mol. The monoisotopic (exact) mass is 285 g/mol. The molecule has 1 aromatic carbocycles. The van der Waals surface area contributed by atoms with E-state index in [1.807, 2.05) is 0 Å². The maximum atomic E-state index is 12.8. The molecule has 0 saturated heterocycles. The number of halogens is 2. The summed E-state index contributed by atoms with van der Waals surface area (Å²) in [6.07, 6.45) is 2.33. The van der Waals surface area contributed by atoms with E-state index in [2.05, 4.69) is 28.2 Å². The lowest BCUT2D eigenvalue weighted by molar-refractivity contribution is 0.0945. The number of rotatable bonds is 3. The lowest BCUT2D eigenvalue weighted by atomic mass is 10.1. The summed E-state index contributed by atoms with van der Waals surface area (Å²) in [5.74, 6) is -0.502. The molecule has 1 amide bonds. The first kappa shape index (κ1) is 11.6. The molecular formula is C12H13BrFNO. The molecule has 0 atom stereocenters. The van der Waals surface area contributed by atoms with Crippen molar-refractivity contribution in [2.75, 3.05) is 6.54 Å². The van der Waals surface area contributed by atoms with Crippen LogP contribution < -0.4 is 5.32 Å². The standard InChI is InChI=1S/C12H13BrFNO/c1-12(4-5-12)7-15-11(16)9-3-2-8(14)6-10(9)13/h2-3,6H,4-5,7H2,1H3,(H,15,16). The molecule has 0 radical (unpaired) electrons. The first-order valence-electron chi connectivity index (χ1n) is 5.23. The summed E-state index contributed by atoms with van der Waals surface area (Å²) in [7, 11) is 0. The third-order valence-corrected chi connectivity index (χ3v) is 3.61. The summed E-state index contributed by atoms with van der Waals surface area (Å²) in [4.78, 5) is 11.8. The van der Waals surface area contributed by atoms with Gasteiger partial charge in [0.1, 0.15) is 5.82 Å². The zero-order chi connectivity index (χ0) is 11.8. The van der Waals surface area contributed by atoms with Gasteiger partial charge in [-0.15, -0.1) is 0 Å². The van der Waals surface area contributed by atoms with E-state index in [4.69, 9.17) is 0 Å². The van der Waals surface area contributed by atoms with Crippen molar-refractivity contribution < 1.29 is 9.18 Å². The number of carbonyl (C=O) groups is 1. The topological polar surface area (TPSA) is 29.1 Å². The lowest BCUT2D eigenvalue weighted by Crippen LogP contribution is -2.29. The number of amides is 1. The largest absolute Gasteiger partial charge is 0.351 e. The zero-order valence-corrected chi connectivity index (χ0v) is 10.6. The Balaban J connectivity index is 2.02. The number of nitrogens with one attached hydrogen (secondary N) is 1. The Morgan fingerprint density at radius 1 is 1.56 bits per heavy atom. The molecule has 86 valence electrons. The molecule has 4 heteroatoms. The van der Waals surface area contributed by atoms with Gasteiger partial charge in [0.05, 0.1) is 5.56 Å². The third kappa shape index (κ3) is 2.61. The highest BCUT2D eigenvalue weighted by molar-refractivity contribution is 9.10. The van der Waals surface area contributed by atoms with Crippen LogP contribution in [0, 0.1) is 11.2 Å². The second-order valence-corrected chi connectivity index (χ2v) is 5.47. The molecule has 16 heavy (non-hydrogen) atoms. The van der Waals surface area contributed by atoms with Crippen LogP contribution in [0.2, 0.25) is 0 Å². The Labute approximate surface area is 102 Å². The molecule has 1 aliphatic rings. The van der Waals surface area contributed by atoms with Crippen LogP contribution in [0.25, 0.3) is 0 Å². The van der Waals surface area contributed by atoms with E-state index in [-0.39, 0.29) is 17.1 Å². The minimum atomic E-state index is -0.349. The summed E-state index contributed by atoms with van der Waals surface area (Å²) in [5, 5.41) is 2.87. The van der Waals surface area contributed by atoms with E-state index in [0.717, 1.165) is 12.8 Å². The van der Waals surface area contributed by atoms with Crippen LogP contribution >= 0.6 is 15.9 Å². The minimum Gasteiger partial charge on any atom is -0.351 e. The van der Waals surface area contributed by atoms with Gasteiger partial charge in [0.15, 0.2) is 0 Å². The SMILES string of the molecule is CC1(CNC(=O)c2ccc(F)cc2Br)CC1. The summed E-state index contributed by atoms with van der Waals surface area (Å²) < 4.78 is 13.3. The molecule has 0 spiro atoms. The summed E-state index contributed by atoms with van der Waals surface area (Å²) in [6.45, 7) is 2.84. The average Bonchev–Trinajstić information content (AvgIpc) is 2.94. The van der Waals surface area contributed by atoms with Gasteiger partial charge in [-0.1, -0.05) is 6.92 Å². The van der Waals surface area contributed by atoms with Crippen molar-refractivity contribution in [1.29, 1.82) is 0 Å². The van der Waals surface area contributed by atoms with Crippen LogP contribution in [0.15, 0.2) is 22.7 Å². The summed E-state index contributed by atoms with van der Waals surface area (Å²) in [5.41, 5.74) is 0.757. The molecule has 2 rings (SSSR count). The van der Waals surface area contributed by atoms with Crippen molar-refractivity contribution in [2.45, 2.75) is 19.8 Å². The molecule has 1 aromatic rings. The lowest BCUT2D eigenvalue weighted by Gasteiger charge is -2.10. The molecule has 0 heterocycles. The van der Waals surface area contributed by atoms with E-state index < -0.39 is 0 Å². The van der Waals surface area contributed by atoms with E-state index in [1.165, 1.54) is 18.2 Å². The van der Waals surface area contributed by atoms with Gasteiger partial charge in [-0.2, -0.15) is 0 Å². The van der Waals surface area contributed by atoms with Gasteiger partial charge < -0.3 is 5.32 Å². The Morgan fingerprint density at radius 3 is 2.81 bits per heavy atom. The molecule has 0 aromatic heterocycles. The molecule has 1 N–H and O–H groups in total. The quantitative estimate of drug-likeness (QED) is 0.908. The van der Waals surface area contributed by atoms with Crippen molar-refractivity contribution in [3.63, 3.8) is 0 Å². The minimum absolute atomic E-state index is 0.153. The molecule has 1 saturated carbocycles. The Kier molecular flexibility index (Phi) is 3.02. The molecule has 1 aliphatic carbocycles. The van der Waals surface area contributed by atoms with Crippen molar-refractivity contribution in [3.05, 3.63) is 34.1 Å². The highest BCUT2D eigenvalue weighted by Gasteiger charge is 2.37. The fraction of sp³-hybridized carbons (Fsp3) is 0.417. The van der Waals surface area contributed by atoms with E-state index in [9.17, 15) is 9.18 Å². The van der Waals surface area contributed by atoms with Gasteiger partial charge in [0.25, 0.3) is 5.91 Å². The molecule has 0 bridgehead atoms. The van der Waals surface area contributed by atoms with Gasteiger partial charge >= 0.3 is 0 Å². The maximum absolute atomic E-state index is 12.8. The predicted octanol–water partition coefficient (Wildman–Crippen LogP) is 3.12. The Morgan fingerprint density at radius 2 is 2.25 bits per heavy atom. The number of benzene rings is 1. The van der Waals surface area contributed by atoms with Crippen LogP contribution in [0.1, 0.15) is 30.1 Å². The highest BCUT2D eigenvalue weighted by atomic mass is 79.9. The zero-order valence-electron chi connectivity index (χ0n) is 9.02. The first-order valence-corrected chi connectivity index (χ1v) is 6.03. The van der Waals surface area contributed by atoms with Crippen molar-refractivity contribution in [2.24, 2.45) is 5.41 Å². The predicted molar refractivity (Wildman–Crippen MR) is 63.8 cm³/mol. The van der Waals surface area contributed by atoms with Crippen LogP contribution in [-0.2, 0) is 0 Å². The van der Waals surface area contributed by atoms with Crippen LogP contribution in [0.4, 0.5) is 4.39 Å². The molecule has 0 aliphatic heterocycles. The van der Waals surface area contributed by atoms with E-state index in [1.54, 1.807) is 0 Å². The summed E-state index contributed by atoms with van der Waals surface area (Å²) >= 11 is 3.18. The fourth-order valence-electron chi connectivity index (χ4n) is 1.45. The van der Waals surface area contributed by atoms with Crippen LogP contribution in [-0.4, -0.2) is 12.5 Å². The van der Waals surface area contributed by atoms with Crippen molar-refractivity contribution in [1.82, 2.24) is 5.32 Å². The molecule has 2 nitrogen and oxygen atoms in total. The van der Waals surface area contributed by atoms with Crippen LogP contribution in [0.3, 0.4) is 0 Å². The summed E-state index contributed by atoms with van der Waals surface area (Å²) in [6, 6.07) is 4.08. The molecule has 1 fully saturated rings. The van der Waals surface area contributed by atoms with Crippen molar-refractivity contribution in [3.8, 4) is 0 Å². The highest BCUT2D eigenvalue weighted by Crippen LogP contribution is 2.44. The molecule has 0 unspecified atom stereocenters. The number of hydrogen-bond donors (Lipinski definition) is 1. The normalized spacial score (nSPS) is 16.9. The van der Waals surface area contributed by atoms with Gasteiger partial charge in [-0.3, -0.25) is 4.79 Å². The Bertz CT molecular complexity index is 429. The fourth-order valence-corrected chi connectivity index (χ4v) is 1.98. The van der Waals surface area contributed by atoms with Gasteiger partial charge in [0.2, 0.25) is 0 Å². The van der Waals surface area contributed by atoms with Gasteiger partial charge in [-0.25, -0.2) is 4.39 Å². The maximum Gasteiger partial charge on any atom is 0.252 e. The van der Waals surface area contributed by atoms with E-state index >= 15 is 0 Å². The first-order chi connectivity index (χ1) is 7.50. The number of carbonyl (C=O) groups excluding carboxylic acids is 1. The second-order valence-electron chi connectivity index (χ2n) is 4.62. The smallest absolute Gasteiger partial charge is 0.252 e. The number of hydrogen-bond acceptors (Lipinski definition) is 1. The van der Waals surface area contributed by atoms with Crippen LogP contribution in [0.5, 0.6) is 0 Å². The van der Waals surface area contributed by atoms with Crippen molar-refractivity contribution >= 4 is 21.8 Å². The Hall–Kier alpha value is -0.900. The van der Waals surface area contributed by atoms with Gasteiger partial charge in [0, 0.05) is 11.0 Å². The second kappa shape index (κ2) is 4.17. The third-order valence-electron chi connectivity index (χ3n) is 2.96. The van der Waals surface area contributed by atoms with Gasteiger partial charge in [-0.05, 0) is 52.4 Å². The van der Waals surface area contributed by atoms with E-state index in [0.29, 0.717) is 16.6 Å². The average molecular weight is 286 g/mol.